The summed E-state index contributed by atoms with van der Waals surface area (Å²) >= 11 is 0. The minimum absolute atomic E-state index is 0.267. The molecule has 1 N–H and O–H groups in total. The van der Waals surface area contributed by atoms with Crippen LogP contribution in [0.1, 0.15) is 43.3 Å². The van der Waals surface area contributed by atoms with Crippen LogP contribution in [0.4, 0.5) is 8.78 Å². The number of rotatable bonds is 6. The van der Waals surface area contributed by atoms with Crippen LogP contribution in [0.3, 0.4) is 0 Å². The highest BCUT2D eigenvalue weighted by Gasteiger charge is 2.20. The molecule has 0 saturated carbocycles. The summed E-state index contributed by atoms with van der Waals surface area (Å²) in [6.45, 7) is 7.44. The Balaban J connectivity index is 2.46. The van der Waals surface area contributed by atoms with E-state index in [1.165, 1.54) is 12.1 Å². The number of aryl methyl sites for hydroxylation is 2. The molecule has 0 radical (unpaired) electrons. The molecule has 2 rings (SSSR count). The van der Waals surface area contributed by atoms with Gasteiger partial charge in [0.15, 0.2) is 0 Å². The maximum atomic E-state index is 13.5. The van der Waals surface area contributed by atoms with Gasteiger partial charge in [-0.15, -0.1) is 0 Å². The van der Waals surface area contributed by atoms with Crippen molar-refractivity contribution in [3.8, 4) is 0 Å². The van der Waals surface area contributed by atoms with Crippen LogP contribution in [-0.4, -0.2) is 16.3 Å². The molecule has 1 aromatic heterocycles. The second kappa shape index (κ2) is 6.80. The number of hydrogen-bond acceptors (Lipinski definition) is 2. The van der Waals surface area contributed by atoms with Crippen molar-refractivity contribution < 1.29 is 8.78 Å². The van der Waals surface area contributed by atoms with Crippen molar-refractivity contribution in [1.29, 1.82) is 0 Å². The van der Waals surface area contributed by atoms with Gasteiger partial charge in [0, 0.05) is 12.6 Å². The van der Waals surface area contributed by atoms with Gasteiger partial charge >= 0.3 is 0 Å². The summed E-state index contributed by atoms with van der Waals surface area (Å²) in [5.41, 5.74) is 2.40. The average Bonchev–Trinajstić information content (AvgIpc) is 2.79. The fourth-order valence-electron chi connectivity index (χ4n) is 2.47. The van der Waals surface area contributed by atoms with Gasteiger partial charge in [-0.05, 0) is 50.6 Å². The molecule has 1 unspecified atom stereocenters. The van der Waals surface area contributed by atoms with Gasteiger partial charge in [-0.1, -0.05) is 6.92 Å². The van der Waals surface area contributed by atoms with Crippen LogP contribution in [0, 0.1) is 18.6 Å². The van der Waals surface area contributed by atoms with Gasteiger partial charge in [-0.3, -0.25) is 4.68 Å². The van der Waals surface area contributed by atoms with Crippen LogP contribution in [-0.2, 0) is 6.54 Å². The maximum Gasteiger partial charge on any atom is 0.126 e. The molecule has 0 saturated heterocycles. The van der Waals surface area contributed by atoms with Gasteiger partial charge in [0.1, 0.15) is 11.6 Å². The van der Waals surface area contributed by atoms with E-state index in [2.05, 4.69) is 17.3 Å². The molecule has 114 valence electrons. The second-order valence-corrected chi connectivity index (χ2v) is 5.12. The van der Waals surface area contributed by atoms with E-state index in [1.54, 1.807) is 0 Å². The Kier molecular flexibility index (Phi) is 5.07. The Labute approximate surface area is 124 Å². The lowest BCUT2D eigenvalue weighted by molar-refractivity contribution is 0.518. The zero-order valence-corrected chi connectivity index (χ0v) is 12.7. The standard InChI is InChI=1S/C16H21F2N3/c1-4-6-19-16(12-8-13(17)10-14(18)9-12)15-7-11(3)20-21(15)5-2/h7-10,16,19H,4-6H2,1-3H3. The van der Waals surface area contributed by atoms with Crippen LogP contribution in [0.5, 0.6) is 0 Å². The summed E-state index contributed by atoms with van der Waals surface area (Å²) in [5, 5.41) is 7.77. The van der Waals surface area contributed by atoms with Crippen LogP contribution in [0.2, 0.25) is 0 Å². The molecule has 0 aliphatic rings. The lowest BCUT2D eigenvalue weighted by Gasteiger charge is -2.20. The lowest BCUT2D eigenvalue weighted by atomic mass is 10.0. The molecule has 1 aromatic carbocycles. The van der Waals surface area contributed by atoms with Crippen molar-refractivity contribution in [3.63, 3.8) is 0 Å². The summed E-state index contributed by atoms with van der Waals surface area (Å²) in [6.07, 6.45) is 0.938. The summed E-state index contributed by atoms with van der Waals surface area (Å²) in [6, 6.07) is 5.33. The predicted octanol–water partition coefficient (Wildman–Crippen LogP) is 3.58. The molecule has 5 heteroatoms. The van der Waals surface area contributed by atoms with E-state index in [4.69, 9.17) is 0 Å². The molecule has 0 spiro atoms. The average molecular weight is 293 g/mol. The summed E-state index contributed by atoms with van der Waals surface area (Å²) < 4.78 is 28.9. The third-order valence-electron chi connectivity index (χ3n) is 3.35. The van der Waals surface area contributed by atoms with Gasteiger partial charge in [-0.2, -0.15) is 5.10 Å². The fraction of sp³-hybridized carbons (Fsp3) is 0.438. The topological polar surface area (TPSA) is 29.9 Å². The smallest absolute Gasteiger partial charge is 0.126 e. The molecular weight excluding hydrogens is 272 g/mol. The third kappa shape index (κ3) is 3.67. The summed E-state index contributed by atoms with van der Waals surface area (Å²) in [7, 11) is 0. The van der Waals surface area contributed by atoms with Gasteiger partial charge in [-0.25, -0.2) is 8.78 Å². The molecule has 0 aliphatic heterocycles. The van der Waals surface area contributed by atoms with Crippen LogP contribution < -0.4 is 5.32 Å². The van der Waals surface area contributed by atoms with E-state index >= 15 is 0 Å². The SMILES string of the molecule is CCCNC(c1cc(F)cc(F)c1)c1cc(C)nn1CC. The minimum Gasteiger partial charge on any atom is -0.305 e. The van der Waals surface area contributed by atoms with E-state index in [0.717, 1.165) is 30.4 Å². The number of nitrogens with one attached hydrogen (secondary N) is 1. The van der Waals surface area contributed by atoms with Crippen molar-refractivity contribution in [3.05, 3.63) is 52.9 Å². The Bertz CT molecular complexity index is 587. The molecule has 3 nitrogen and oxygen atoms in total. The number of aromatic nitrogens is 2. The molecule has 0 fully saturated rings. The van der Waals surface area contributed by atoms with E-state index in [0.29, 0.717) is 12.1 Å². The van der Waals surface area contributed by atoms with Crippen molar-refractivity contribution in [2.24, 2.45) is 0 Å². The maximum absolute atomic E-state index is 13.5. The van der Waals surface area contributed by atoms with Gasteiger partial charge < -0.3 is 5.32 Å². The van der Waals surface area contributed by atoms with Crippen LogP contribution >= 0.6 is 0 Å². The number of nitrogens with zero attached hydrogens (tertiary/aromatic N) is 2. The number of benzene rings is 1. The molecule has 0 bridgehead atoms. The van der Waals surface area contributed by atoms with Gasteiger partial charge in [0.2, 0.25) is 0 Å². The Morgan fingerprint density at radius 3 is 2.38 bits per heavy atom. The lowest BCUT2D eigenvalue weighted by Crippen LogP contribution is -2.26. The Hall–Kier alpha value is -1.75. The number of hydrogen-bond donors (Lipinski definition) is 1. The Morgan fingerprint density at radius 1 is 1.14 bits per heavy atom. The minimum atomic E-state index is -0.562. The van der Waals surface area contributed by atoms with Gasteiger partial charge in [0.25, 0.3) is 0 Å². The van der Waals surface area contributed by atoms with E-state index in [1.807, 2.05) is 24.6 Å². The largest absolute Gasteiger partial charge is 0.305 e. The normalized spacial score (nSPS) is 12.6. The van der Waals surface area contributed by atoms with Crippen molar-refractivity contribution in [1.82, 2.24) is 15.1 Å². The van der Waals surface area contributed by atoms with Crippen molar-refractivity contribution >= 4 is 0 Å². The Morgan fingerprint density at radius 2 is 1.81 bits per heavy atom. The summed E-state index contributed by atoms with van der Waals surface area (Å²) in [5.74, 6) is -1.12. The highest BCUT2D eigenvalue weighted by molar-refractivity contribution is 5.30. The predicted molar refractivity (Wildman–Crippen MR) is 79.1 cm³/mol. The van der Waals surface area contributed by atoms with E-state index < -0.39 is 11.6 Å². The highest BCUT2D eigenvalue weighted by Crippen LogP contribution is 2.24. The van der Waals surface area contributed by atoms with E-state index in [-0.39, 0.29) is 6.04 Å². The first-order chi connectivity index (χ1) is 10.0. The zero-order valence-electron chi connectivity index (χ0n) is 12.7. The molecular formula is C16H21F2N3. The second-order valence-electron chi connectivity index (χ2n) is 5.12. The summed E-state index contributed by atoms with van der Waals surface area (Å²) in [4.78, 5) is 0. The first kappa shape index (κ1) is 15.6. The monoisotopic (exact) mass is 293 g/mol. The fourth-order valence-corrected chi connectivity index (χ4v) is 2.47. The zero-order chi connectivity index (χ0) is 15.4. The molecule has 1 atom stereocenters. The quantitative estimate of drug-likeness (QED) is 0.882. The number of halogens is 2. The first-order valence-corrected chi connectivity index (χ1v) is 7.28. The van der Waals surface area contributed by atoms with Crippen LogP contribution in [0.25, 0.3) is 0 Å². The van der Waals surface area contributed by atoms with Gasteiger partial charge in [0.05, 0.1) is 17.4 Å². The molecule has 1 heterocycles. The van der Waals surface area contributed by atoms with Crippen molar-refractivity contribution in [2.45, 2.75) is 39.8 Å². The molecule has 0 aliphatic carbocycles. The van der Waals surface area contributed by atoms with Crippen molar-refractivity contribution in [2.75, 3.05) is 6.54 Å². The first-order valence-electron chi connectivity index (χ1n) is 7.28. The van der Waals surface area contributed by atoms with E-state index in [9.17, 15) is 8.78 Å². The molecule has 21 heavy (non-hydrogen) atoms. The molecule has 2 aromatic rings. The molecule has 0 amide bonds. The third-order valence-corrected chi connectivity index (χ3v) is 3.35. The highest BCUT2D eigenvalue weighted by atomic mass is 19.1. The van der Waals surface area contributed by atoms with Crippen LogP contribution in [0.15, 0.2) is 24.3 Å².